The summed E-state index contributed by atoms with van der Waals surface area (Å²) in [6.07, 6.45) is 8.40. The number of carbonyl (C=O) groups is 1. The third kappa shape index (κ3) is 5.75. The Morgan fingerprint density at radius 3 is 2.35 bits per heavy atom. The van der Waals surface area contributed by atoms with Crippen LogP contribution in [0.1, 0.15) is 66.2 Å². The average Bonchev–Trinajstić information content (AvgIpc) is 2.95. The first-order valence-electron chi connectivity index (χ1n) is 9.64. The van der Waals surface area contributed by atoms with Gasteiger partial charge in [-0.15, -0.1) is 0 Å². The van der Waals surface area contributed by atoms with Crippen LogP contribution in [0.2, 0.25) is 0 Å². The molecule has 1 heterocycles. The van der Waals surface area contributed by atoms with Crippen LogP contribution in [0.25, 0.3) is 0 Å². The minimum Gasteiger partial charge on any atom is -0.373 e. The molecule has 23 heavy (non-hydrogen) atoms. The summed E-state index contributed by atoms with van der Waals surface area (Å²) >= 11 is 0. The van der Waals surface area contributed by atoms with Gasteiger partial charge in [-0.2, -0.15) is 0 Å². The summed E-state index contributed by atoms with van der Waals surface area (Å²) in [4.78, 5) is 15.0. The summed E-state index contributed by atoms with van der Waals surface area (Å²) in [7, 11) is 0. The lowest BCUT2D eigenvalue weighted by Crippen LogP contribution is -2.57. The maximum atomic E-state index is 12.7. The number of rotatable bonds is 7. The van der Waals surface area contributed by atoms with E-state index in [2.05, 4.69) is 37.9 Å². The Hall–Kier alpha value is -0.610. The van der Waals surface area contributed by atoms with E-state index in [0.717, 1.165) is 32.0 Å². The topological polar surface area (TPSA) is 41.6 Å². The molecule has 1 aliphatic heterocycles. The lowest BCUT2D eigenvalue weighted by molar-refractivity contribution is -0.135. The van der Waals surface area contributed by atoms with Crippen molar-refractivity contribution >= 4 is 5.91 Å². The van der Waals surface area contributed by atoms with E-state index in [1.54, 1.807) is 0 Å². The third-order valence-corrected chi connectivity index (χ3v) is 5.30. The predicted molar refractivity (Wildman–Crippen MR) is 94.4 cm³/mol. The fourth-order valence-corrected chi connectivity index (χ4v) is 4.34. The standard InChI is InChI=1S/C19H36N2O2/c1-14(2)18(21-12-15(3)23-16(4)13-21)19(22)20-11-7-10-17-8-5-6-9-17/h14-18H,5-13H2,1-4H3,(H,20,22). The van der Waals surface area contributed by atoms with Gasteiger partial charge >= 0.3 is 0 Å². The van der Waals surface area contributed by atoms with E-state index in [9.17, 15) is 4.79 Å². The van der Waals surface area contributed by atoms with E-state index in [1.807, 2.05) is 0 Å². The van der Waals surface area contributed by atoms with Gasteiger partial charge in [0.15, 0.2) is 0 Å². The lowest BCUT2D eigenvalue weighted by atomic mass is 9.99. The molecule has 0 radical (unpaired) electrons. The first-order chi connectivity index (χ1) is 11.0. The van der Waals surface area contributed by atoms with Crippen LogP contribution >= 0.6 is 0 Å². The fraction of sp³-hybridized carbons (Fsp3) is 0.947. The number of morpholine rings is 1. The lowest BCUT2D eigenvalue weighted by Gasteiger charge is -2.41. The number of nitrogens with zero attached hydrogens (tertiary/aromatic N) is 1. The second kappa shape index (κ2) is 9.03. The van der Waals surface area contributed by atoms with Crippen LogP contribution in [0.15, 0.2) is 0 Å². The van der Waals surface area contributed by atoms with Crippen LogP contribution < -0.4 is 5.32 Å². The maximum Gasteiger partial charge on any atom is 0.237 e. The average molecular weight is 325 g/mol. The van der Waals surface area contributed by atoms with Crippen molar-refractivity contribution in [2.24, 2.45) is 11.8 Å². The van der Waals surface area contributed by atoms with Crippen molar-refractivity contribution in [3.05, 3.63) is 0 Å². The molecule has 0 bridgehead atoms. The number of ether oxygens (including phenoxy) is 1. The molecule has 2 aliphatic rings. The van der Waals surface area contributed by atoms with Crippen molar-refractivity contribution in [2.45, 2.75) is 84.5 Å². The number of amides is 1. The first kappa shape index (κ1) is 18.7. The largest absolute Gasteiger partial charge is 0.373 e. The molecule has 1 aliphatic carbocycles. The highest BCUT2D eigenvalue weighted by molar-refractivity contribution is 5.82. The highest BCUT2D eigenvalue weighted by Crippen LogP contribution is 2.28. The summed E-state index contributed by atoms with van der Waals surface area (Å²) in [5, 5.41) is 3.19. The normalized spacial score (nSPS) is 28.2. The Balaban J connectivity index is 1.78. The van der Waals surface area contributed by atoms with Gasteiger partial charge in [-0.3, -0.25) is 9.69 Å². The summed E-state index contributed by atoms with van der Waals surface area (Å²) in [5.41, 5.74) is 0. The predicted octanol–water partition coefficient (Wildman–Crippen LogP) is 3.21. The van der Waals surface area contributed by atoms with Crippen molar-refractivity contribution in [3.8, 4) is 0 Å². The second-order valence-corrected chi connectivity index (χ2v) is 7.98. The minimum atomic E-state index is -0.0321. The second-order valence-electron chi connectivity index (χ2n) is 7.98. The van der Waals surface area contributed by atoms with Gasteiger partial charge in [0, 0.05) is 19.6 Å². The van der Waals surface area contributed by atoms with E-state index in [-0.39, 0.29) is 24.2 Å². The molecule has 3 atom stereocenters. The Morgan fingerprint density at radius 2 is 1.78 bits per heavy atom. The van der Waals surface area contributed by atoms with Crippen LogP contribution in [-0.4, -0.2) is 48.7 Å². The van der Waals surface area contributed by atoms with Crippen LogP contribution in [-0.2, 0) is 9.53 Å². The van der Waals surface area contributed by atoms with E-state index < -0.39 is 0 Å². The molecular formula is C19H36N2O2. The maximum absolute atomic E-state index is 12.7. The molecular weight excluding hydrogens is 288 g/mol. The van der Waals surface area contributed by atoms with Crippen molar-refractivity contribution in [2.75, 3.05) is 19.6 Å². The number of carbonyl (C=O) groups excluding carboxylic acids is 1. The van der Waals surface area contributed by atoms with Crippen molar-refractivity contribution in [1.82, 2.24) is 10.2 Å². The molecule has 2 fully saturated rings. The molecule has 2 rings (SSSR count). The van der Waals surface area contributed by atoms with Gasteiger partial charge in [0.1, 0.15) is 0 Å². The van der Waals surface area contributed by atoms with Crippen LogP contribution in [0.3, 0.4) is 0 Å². The van der Waals surface area contributed by atoms with Gasteiger partial charge in [-0.05, 0) is 38.5 Å². The monoisotopic (exact) mass is 324 g/mol. The third-order valence-electron chi connectivity index (χ3n) is 5.30. The summed E-state index contributed by atoms with van der Waals surface area (Å²) in [6, 6.07) is -0.0321. The number of hydrogen-bond donors (Lipinski definition) is 1. The molecule has 4 nitrogen and oxygen atoms in total. The van der Waals surface area contributed by atoms with Crippen LogP contribution in [0.4, 0.5) is 0 Å². The van der Waals surface area contributed by atoms with Gasteiger partial charge < -0.3 is 10.1 Å². The zero-order valence-corrected chi connectivity index (χ0v) is 15.5. The zero-order chi connectivity index (χ0) is 16.8. The number of hydrogen-bond acceptors (Lipinski definition) is 3. The van der Waals surface area contributed by atoms with Gasteiger partial charge in [-0.25, -0.2) is 0 Å². The van der Waals surface area contributed by atoms with E-state index in [4.69, 9.17) is 4.74 Å². The molecule has 1 saturated carbocycles. The van der Waals surface area contributed by atoms with Gasteiger partial charge in [0.05, 0.1) is 18.2 Å². The molecule has 1 saturated heterocycles. The molecule has 0 spiro atoms. The summed E-state index contributed by atoms with van der Waals surface area (Å²) < 4.78 is 5.81. The molecule has 1 amide bonds. The zero-order valence-electron chi connectivity index (χ0n) is 15.5. The van der Waals surface area contributed by atoms with Gasteiger partial charge in [0.25, 0.3) is 0 Å². The Kier molecular flexibility index (Phi) is 7.35. The van der Waals surface area contributed by atoms with Gasteiger partial charge in [0.2, 0.25) is 5.91 Å². The quantitative estimate of drug-likeness (QED) is 0.731. The highest BCUT2D eigenvalue weighted by atomic mass is 16.5. The Bertz CT molecular complexity index is 356. The molecule has 1 N–H and O–H groups in total. The van der Waals surface area contributed by atoms with Crippen LogP contribution in [0, 0.1) is 11.8 Å². The molecule has 0 aromatic carbocycles. The van der Waals surface area contributed by atoms with E-state index in [0.29, 0.717) is 5.92 Å². The fourth-order valence-electron chi connectivity index (χ4n) is 4.34. The Labute approximate surface area is 142 Å². The van der Waals surface area contributed by atoms with Crippen molar-refractivity contribution in [3.63, 3.8) is 0 Å². The van der Waals surface area contributed by atoms with E-state index in [1.165, 1.54) is 32.1 Å². The molecule has 3 unspecified atom stereocenters. The minimum absolute atomic E-state index is 0.0321. The molecule has 0 aromatic rings. The smallest absolute Gasteiger partial charge is 0.237 e. The summed E-state index contributed by atoms with van der Waals surface area (Å²) in [5.74, 6) is 1.43. The van der Waals surface area contributed by atoms with E-state index >= 15 is 0 Å². The van der Waals surface area contributed by atoms with Crippen LogP contribution in [0.5, 0.6) is 0 Å². The SMILES string of the molecule is CC1CN(C(C(=O)NCCCC2CCCC2)C(C)C)CC(C)O1. The molecule has 4 heteroatoms. The van der Waals surface area contributed by atoms with Crippen molar-refractivity contribution in [1.29, 1.82) is 0 Å². The first-order valence-corrected chi connectivity index (χ1v) is 9.64. The molecule has 0 aromatic heterocycles. The summed E-state index contributed by atoms with van der Waals surface area (Å²) in [6.45, 7) is 11.0. The number of nitrogens with one attached hydrogen (secondary N) is 1. The van der Waals surface area contributed by atoms with Gasteiger partial charge in [-0.1, -0.05) is 39.5 Å². The highest BCUT2D eigenvalue weighted by Gasteiger charge is 2.33. The molecule has 134 valence electrons. The Morgan fingerprint density at radius 1 is 1.17 bits per heavy atom. The van der Waals surface area contributed by atoms with Crippen molar-refractivity contribution < 1.29 is 9.53 Å².